The molecule has 5 nitrogen and oxygen atoms in total. The third kappa shape index (κ3) is 5.69. The van der Waals surface area contributed by atoms with E-state index >= 15 is 0 Å². The van der Waals surface area contributed by atoms with Crippen molar-refractivity contribution in [2.75, 3.05) is 13.7 Å². The highest BCUT2D eigenvalue weighted by atomic mass is 16.5. The van der Waals surface area contributed by atoms with Gasteiger partial charge in [0, 0.05) is 0 Å². The van der Waals surface area contributed by atoms with Crippen LogP contribution in [0.15, 0.2) is 42.5 Å². The number of hydrogen-bond acceptors (Lipinski definition) is 4. The van der Waals surface area contributed by atoms with E-state index in [0.29, 0.717) is 12.4 Å². The second kappa shape index (κ2) is 9.13. The van der Waals surface area contributed by atoms with E-state index in [0.717, 1.165) is 17.1 Å². The Labute approximate surface area is 155 Å². The van der Waals surface area contributed by atoms with Gasteiger partial charge in [0.25, 0.3) is 5.91 Å². The van der Waals surface area contributed by atoms with Crippen molar-refractivity contribution in [3.63, 3.8) is 0 Å². The van der Waals surface area contributed by atoms with Gasteiger partial charge in [-0.05, 0) is 75.2 Å². The van der Waals surface area contributed by atoms with Crippen LogP contribution in [-0.4, -0.2) is 31.8 Å². The summed E-state index contributed by atoms with van der Waals surface area (Å²) in [5, 5.41) is 2.91. The number of aryl methyl sites for hydroxylation is 2. The molecule has 0 saturated heterocycles. The Morgan fingerprint density at radius 3 is 2.19 bits per heavy atom. The van der Waals surface area contributed by atoms with Crippen molar-refractivity contribution < 1.29 is 19.0 Å². The molecule has 5 heteroatoms. The van der Waals surface area contributed by atoms with Gasteiger partial charge >= 0.3 is 0 Å². The highest BCUT2D eigenvalue weighted by molar-refractivity contribution is 5.81. The molecule has 1 N–H and O–H groups in total. The van der Waals surface area contributed by atoms with Crippen LogP contribution in [0.5, 0.6) is 17.2 Å². The molecule has 140 valence electrons. The van der Waals surface area contributed by atoms with E-state index in [1.54, 1.807) is 14.0 Å². The molecule has 2 atom stereocenters. The van der Waals surface area contributed by atoms with Crippen LogP contribution in [0.1, 0.15) is 25.0 Å². The molecule has 2 aromatic rings. The summed E-state index contributed by atoms with van der Waals surface area (Å²) >= 11 is 0. The Bertz CT molecular complexity index is 727. The lowest BCUT2D eigenvalue weighted by atomic mass is 10.1. The molecule has 0 unspecified atom stereocenters. The largest absolute Gasteiger partial charge is 0.497 e. The summed E-state index contributed by atoms with van der Waals surface area (Å²) in [6, 6.07) is 13.0. The minimum absolute atomic E-state index is 0.143. The number of amides is 1. The molecule has 0 fully saturated rings. The van der Waals surface area contributed by atoms with Gasteiger partial charge in [-0.15, -0.1) is 0 Å². The lowest BCUT2D eigenvalue weighted by Crippen LogP contribution is -2.43. The highest BCUT2D eigenvalue weighted by Gasteiger charge is 2.17. The smallest absolute Gasteiger partial charge is 0.261 e. The van der Waals surface area contributed by atoms with Crippen molar-refractivity contribution in [1.82, 2.24) is 5.32 Å². The first-order valence-corrected chi connectivity index (χ1v) is 8.70. The van der Waals surface area contributed by atoms with Gasteiger partial charge in [-0.2, -0.15) is 0 Å². The zero-order valence-electron chi connectivity index (χ0n) is 16.0. The molecule has 0 aliphatic carbocycles. The average molecular weight is 357 g/mol. The molecule has 0 saturated carbocycles. The summed E-state index contributed by atoms with van der Waals surface area (Å²) in [7, 11) is 1.62. The van der Waals surface area contributed by atoms with Crippen molar-refractivity contribution in [2.45, 2.75) is 39.8 Å². The normalized spacial score (nSPS) is 12.8. The molecule has 2 rings (SSSR count). The molecule has 0 bridgehead atoms. The number of hydrogen-bond donors (Lipinski definition) is 1. The number of nitrogens with one attached hydrogen (secondary N) is 1. The van der Waals surface area contributed by atoms with Crippen molar-refractivity contribution in [1.29, 1.82) is 0 Å². The molecule has 0 aromatic heterocycles. The predicted molar refractivity (Wildman–Crippen MR) is 102 cm³/mol. The van der Waals surface area contributed by atoms with Crippen molar-refractivity contribution in [3.05, 3.63) is 53.6 Å². The minimum atomic E-state index is -0.583. The van der Waals surface area contributed by atoms with Crippen LogP contribution >= 0.6 is 0 Å². The molecular formula is C21H27NO4. The monoisotopic (exact) mass is 357 g/mol. The topological polar surface area (TPSA) is 56.8 Å². The maximum Gasteiger partial charge on any atom is 0.261 e. The van der Waals surface area contributed by atoms with Gasteiger partial charge in [0.1, 0.15) is 23.9 Å². The molecular weight excluding hydrogens is 330 g/mol. The maximum atomic E-state index is 12.3. The number of carbonyl (C=O) groups excluding carboxylic acids is 1. The first-order valence-electron chi connectivity index (χ1n) is 8.70. The van der Waals surface area contributed by atoms with Gasteiger partial charge in [0.05, 0.1) is 13.2 Å². The molecule has 1 amide bonds. The van der Waals surface area contributed by atoms with Crippen molar-refractivity contribution in [3.8, 4) is 17.2 Å². The molecule has 0 aliphatic rings. The summed E-state index contributed by atoms with van der Waals surface area (Å²) in [4.78, 5) is 12.3. The molecule has 2 aromatic carbocycles. The summed E-state index contributed by atoms with van der Waals surface area (Å²) in [6.07, 6.45) is -0.583. The first-order chi connectivity index (χ1) is 12.4. The Balaban J connectivity index is 1.80. The third-order valence-corrected chi connectivity index (χ3v) is 4.11. The fraction of sp³-hybridized carbons (Fsp3) is 0.381. The number of benzene rings is 2. The fourth-order valence-corrected chi connectivity index (χ4v) is 2.34. The molecule has 0 spiro atoms. The van der Waals surface area contributed by atoms with E-state index in [4.69, 9.17) is 14.2 Å². The van der Waals surface area contributed by atoms with Gasteiger partial charge in [0.15, 0.2) is 6.10 Å². The van der Waals surface area contributed by atoms with E-state index < -0.39 is 6.10 Å². The summed E-state index contributed by atoms with van der Waals surface area (Å²) < 4.78 is 16.5. The van der Waals surface area contributed by atoms with Crippen LogP contribution in [0.3, 0.4) is 0 Å². The first kappa shape index (κ1) is 19.6. The van der Waals surface area contributed by atoms with Crippen LogP contribution in [0.25, 0.3) is 0 Å². The number of methoxy groups -OCH3 is 1. The summed E-state index contributed by atoms with van der Waals surface area (Å²) in [6.45, 7) is 8.06. The number of carbonyl (C=O) groups is 1. The molecule has 0 heterocycles. The van der Waals surface area contributed by atoms with E-state index in [1.807, 2.05) is 63.2 Å². The van der Waals surface area contributed by atoms with Crippen LogP contribution in [-0.2, 0) is 4.79 Å². The zero-order valence-corrected chi connectivity index (χ0v) is 16.0. The fourth-order valence-electron chi connectivity index (χ4n) is 2.34. The number of rotatable bonds is 8. The SMILES string of the molecule is COc1ccc(OC[C@H](C)NC(=O)[C@H](C)Oc2ccc(C)c(C)c2)cc1. The lowest BCUT2D eigenvalue weighted by molar-refractivity contribution is -0.128. The Kier molecular flexibility index (Phi) is 6.89. The maximum absolute atomic E-state index is 12.3. The van der Waals surface area contributed by atoms with E-state index in [-0.39, 0.29) is 11.9 Å². The standard InChI is InChI=1S/C21H27NO4/c1-14-6-7-20(12-15(14)2)26-17(4)21(23)22-16(3)13-25-19-10-8-18(24-5)9-11-19/h6-12,16-17H,13H2,1-5H3,(H,22,23)/t16-,17-/m0/s1. The second-order valence-electron chi connectivity index (χ2n) is 6.40. The Morgan fingerprint density at radius 1 is 0.962 bits per heavy atom. The lowest BCUT2D eigenvalue weighted by Gasteiger charge is -2.19. The van der Waals surface area contributed by atoms with E-state index in [2.05, 4.69) is 5.32 Å². The minimum Gasteiger partial charge on any atom is -0.497 e. The highest BCUT2D eigenvalue weighted by Crippen LogP contribution is 2.18. The molecule has 0 aliphatic heterocycles. The van der Waals surface area contributed by atoms with Crippen LogP contribution in [0.2, 0.25) is 0 Å². The second-order valence-corrected chi connectivity index (χ2v) is 6.40. The Hall–Kier alpha value is -2.69. The van der Waals surface area contributed by atoms with Crippen LogP contribution in [0, 0.1) is 13.8 Å². The van der Waals surface area contributed by atoms with Gasteiger partial charge in [-0.3, -0.25) is 4.79 Å². The molecule has 0 radical (unpaired) electrons. The summed E-state index contributed by atoms with van der Waals surface area (Å²) in [5.74, 6) is 2.02. The van der Waals surface area contributed by atoms with Gasteiger partial charge < -0.3 is 19.5 Å². The van der Waals surface area contributed by atoms with E-state index in [9.17, 15) is 4.79 Å². The third-order valence-electron chi connectivity index (χ3n) is 4.11. The van der Waals surface area contributed by atoms with Gasteiger partial charge in [0.2, 0.25) is 0 Å². The molecule has 26 heavy (non-hydrogen) atoms. The number of ether oxygens (including phenoxy) is 3. The van der Waals surface area contributed by atoms with Gasteiger partial charge in [-0.1, -0.05) is 6.07 Å². The summed E-state index contributed by atoms with van der Waals surface area (Å²) in [5.41, 5.74) is 2.33. The predicted octanol–water partition coefficient (Wildman–Crippen LogP) is 3.66. The van der Waals surface area contributed by atoms with Crippen LogP contribution in [0.4, 0.5) is 0 Å². The van der Waals surface area contributed by atoms with Gasteiger partial charge in [-0.25, -0.2) is 0 Å². The van der Waals surface area contributed by atoms with E-state index in [1.165, 1.54) is 5.56 Å². The average Bonchev–Trinajstić information content (AvgIpc) is 2.63. The van der Waals surface area contributed by atoms with Crippen LogP contribution < -0.4 is 19.5 Å². The van der Waals surface area contributed by atoms with Crippen molar-refractivity contribution >= 4 is 5.91 Å². The zero-order chi connectivity index (χ0) is 19.1. The van der Waals surface area contributed by atoms with Crippen molar-refractivity contribution in [2.24, 2.45) is 0 Å². The quantitative estimate of drug-likeness (QED) is 0.783. The Morgan fingerprint density at radius 2 is 1.58 bits per heavy atom.